The van der Waals surface area contributed by atoms with Crippen LogP contribution in [0.1, 0.15) is 26.3 Å². The van der Waals surface area contributed by atoms with Gasteiger partial charge >= 0.3 is 0 Å². The number of ether oxygens (including phenoxy) is 1. The zero-order chi connectivity index (χ0) is 19.9. The van der Waals surface area contributed by atoms with Crippen molar-refractivity contribution >= 4 is 33.4 Å². The highest BCUT2D eigenvalue weighted by atomic mass is 79.9. The van der Waals surface area contributed by atoms with Gasteiger partial charge in [-0.1, -0.05) is 42.5 Å². The van der Waals surface area contributed by atoms with E-state index in [0.717, 1.165) is 5.56 Å². The van der Waals surface area contributed by atoms with Crippen LogP contribution in [-0.2, 0) is 6.54 Å². The Morgan fingerprint density at radius 1 is 0.929 bits per heavy atom. The van der Waals surface area contributed by atoms with Gasteiger partial charge in [-0.3, -0.25) is 9.59 Å². The van der Waals surface area contributed by atoms with E-state index in [1.807, 2.05) is 30.3 Å². The number of hydrogen-bond donors (Lipinski definition) is 2. The molecule has 5 nitrogen and oxygen atoms in total. The standard InChI is InChI=1S/C22H19BrN2O3/c1-28-20-12-11-16(13-18(20)23)21(26)25-19-10-6-5-9-17(19)22(27)24-14-15-7-3-2-4-8-15/h2-13H,14H2,1H3,(H,24,27)(H,25,26). The zero-order valence-electron chi connectivity index (χ0n) is 15.2. The summed E-state index contributed by atoms with van der Waals surface area (Å²) in [7, 11) is 1.56. The summed E-state index contributed by atoms with van der Waals surface area (Å²) in [4.78, 5) is 25.2. The highest BCUT2D eigenvalue weighted by molar-refractivity contribution is 9.10. The van der Waals surface area contributed by atoms with Gasteiger partial charge in [-0.25, -0.2) is 0 Å². The quantitative estimate of drug-likeness (QED) is 0.588. The maximum absolute atomic E-state index is 12.6. The van der Waals surface area contributed by atoms with E-state index in [2.05, 4.69) is 26.6 Å². The molecule has 28 heavy (non-hydrogen) atoms. The first kappa shape index (κ1) is 19.6. The molecular formula is C22H19BrN2O3. The SMILES string of the molecule is COc1ccc(C(=O)Nc2ccccc2C(=O)NCc2ccccc2)cc1Br. The Hall–Kier alpha value is -3.12. The molecule has 0 atom stereocenters. The number of halogens is 1. The fourth-order valence-electron chi connectivity index (χ4n) is 2.67. The first-order valence-corrected chi connectivity index (χ1v) is 9.44. The molecule has 2 amide bonds. The van der Waals surface area contributed by atoms with Crippen molar-refractivity contribution in [1.82, 2.24) is 5.32 Å². The highest BCUT2D eigenvalue weighted by Crippen LogP contribution is 2.26. The number of hydrogen-bond acceptors (Lipinski definition) is 3. The van der Waals surface area contributed by atoms with Gasteiger partial charge in [0.1, 0.15) is 5.75 Å². The number of rotatable bonds is 6. The molecule has 0 fully saturated rings. The molecule has 0 bridgehead atoms. The van der Waals surface area contributed by atoms with Gasteiger partial charge in [0.05, 0.1) is 22.8 Å². The summed E-state index contributed by atoms with van der Waals surface area (Å²) < 4.78 is 5.86. The molecule has 3 aromatic carbocycles. The van der Waals surface area contributed by atoms with Crippen LogP contribution in [0.15, 0.2) is 77.3 Å². The molecule has 0 saturated carbocycles. The molecule has 0 aliphatic heterocycles. The van der Waals surface area contributed by atoms with E-state index in [4.69, 9.17) is 4.74 Å². The van der Waals surface area contributed by atoms with Crippen molar-refractivity contribution in [3.8, 4) is 5.75 Å². The molecule has 2 N–H and O–H groups in total. The summed E-state index contributed by atoms with van der Waals surface area (Å²) in [5, 5.41) is 5.69. The number of anilines is 1. The van der Waals surface area contributed by atoms with E-state index in [9.17, 15) is 9.59 Å². The lowest BCUT2D eigenvalue weighted by molar-refractivity contribution is 0.0952. The second-order valence-corrected chi connectivity index (χ2v) is 6.87. The van der Waals surface area contributed by atoms with Crippen molar-refractivity contribution in [3.63, 3.8) is 0 Å². The minimum Gasteiger partial charge on any atom is -0.496 e. The second-order valence-electron chi connectivity index (χ2n) is 6.02. The zero-order valence-corrected chi connectivity index (χ0v) is 16.8. The molecule has 0 saturated heterocycles. The van der Waals surface area contributed by atoms with Gasteiger partial charge in [0.2, 0.25) is 0 Å². The minimum atomic E-state index is -0.313. The predicted octanol–water partition coefficient (Wildman–Crippen LogP) is 4.64. The van der Waals surface area contributed by atoms with E-state index < -0.39 is 0 Å². The van der Waals surface area contributed by atoms with E-state index in [1.54, 1.807) is 49.6 Å². The summed E-state index contributed by atoms with van der Waals surface area (Å²) in [5.74, 6) is 0.0690. The predicted molar refractivity (Wildman–Crippen MR) is 113 cm³/mol. The average Bonchev–Trinajstić information content (AvgIpc) is 2.73. The molecule has 0 aliphatic carbocycles. The summed E-state index contributed by atoms with van der Waals surface area (Å²) in [6.45, 7) is 0.410. The van der Waals surface area contributed by atoms with Crippen molar-refractivity contribution in [2.75, 3.05) is 12.4 Å². The molecule has 3 aromatic rings. The van der Waals surface area contributed by atoms with E-state index in [0.29, 0.717) is 33.6 Å². The van der Waals surface area contributed by atoms with E-state index in [-0.39, 0.29) is 11.8 Å². The Labute approximate surface area is 171 Å². The number of carbonyl (C=O) groups is 2. The maximum atomic E-state index is 12.6. The molecule has 0 unspecified atom stereocenters. The molecule has 6 heteroatoms. The Kier molecular flexibility index (Phi) is 6.45. The van der Waals surface area contributed by atoms with Crippen LogP contribution in [0.25, 0.3) is 0 Å². The number of nitrogens with one attached hydrogen (secondary N) is 2. The lowest BCUT2D eigenvalue weighted by Crippen LogP contribution is -2.24. The fraction of sp³-hybridized carbons (Fsp3) is 0.0909. The Morgan fingerprint density at radius 2 is 1.64 bits per heavy atom. The number of amides is 2. The lowest BCUT2D eigenvalue weighted by Gasteiger charge is -2.12. The fourth-order valence-corrected chi connectivity index (χ4v) is 3.21. The van der Waals surface area contributed by atoms with Crippen molar-refractivity contribution in [2.45, 2.75) is 6.54 Å². The van der Waals surface area contributed by atoms with Crippen LogP contribution in [0.3, 0.4) is 0 Å². The molecule has 0 aromatic heterocycles. The van der Waals surface area contributed by atoms with Crippen molar-refractivity contribution in [3.05, 3.63) is 94.0 Å². The van der Waals surface area contributed by atoms with E-state index >= 15 is 0 Å². The monoisotopic (exact) mass is 438 g/mol. The number of methoxy groups -OCH3 is 1. The summed E-state index contributed by atoms with van der Waals surface area (Å²) in [6.07, 6.45) is 0. The van der Waals surface area contributed by atoms with E-state index in [1.165, 1.54) is 0 Å². The number of benzene rings is 3. The summed E-state index contributed by atoms with van der Waals surface area (Å²) in [5.41, 5.74) is 2.30. The first-order chi connectivity index (χ1) is 13.6. The Balaban J connectivity index is 1.73. The van der Waals surface area contributed by atoms with Crippen molar-refractivity contribution in [2.24, 2.45) is 0 Å². The van der Waals surface area contributed by atoms with Gasteiger partial charge in [-0.15, -0.1) is 0 Å². The highest BCUT2D eigenvalue weighted by Gasteiger charge is 2.15. The van der Waals surface area contributed by atoms with Crippen LogP contribution in [0.4, 0.5) is 5.69 Å². The molecular weight excluding hydrogens is 420 g/mol. The molecule has 3 rings (SSSR count). The molecule has 0 aliphatic rings. The average molecular weight is 439 g/mol. The van der Waals surface area contributed by atoms with Crippen LogP contribution in [0.2, 0.25) is 0 Å². The van der Waals surface area contributed by atoms with Crippen LogP contribution in [0, 0.1) is 0 Å². The van der Waals surface area contributed by atoms with Crippen molar-refractivity contribution < 1.29 is 14.3 Å². The molecule has 0 spiro atoms. The largest absolute Gasteiger partial charge is 0.496 e. The third-order valence-electron chi connectivity index (χ3n) is 4.13. The van der Waals surface area contributed by atoms with Crippen LogP contribution < -0.4 is 15.4 Å². The van der Waals surface area contributed by atoms with Crippen molar-refractivity contribution in [1.29, 1.82) is 0 Å². The maximum Gasteiger partial charge on any atom is 0.255 e. The third kappa shape index (κ3) is 4.78. The smallest absolute Gasteiger partial charge is 0.255 e. The lowest BCUT2D eigenvalue weighted by atomic mass is 10.1. The summed E-state index contributed by atoms with van der Waals surface area (Å²) >= 11 is 3.37. The Morgan fingerprint density at radius 3 is 2.36 bits per heavy atom. The normalized spacial score (nSPS) is 10.2. The number of carbonyl (C=O) groups excluding carboxylic acids is 2. The topological polar surface area (TPSA) is 67.4 Å². The van der Waals surface area contributed by atoms with Crippen LogP contribution in [0.5, 0.6) is 5.75 Å². The molecule has 0 radical (unpaired) electrons. The molecule has 142 valence electrons. The van der Waals surface area contributed by atoms with Gasteiger partial charge in [0, 0.05) is 12.1 Å². The van der Waals surface area contributed by atoms with Gasteiger partial charge in [0.15, 0.2) is 0 Å². The first-order valence-electron chi connectivity index (χ1n) is 8.64. The van der Waals surface area contributed by atoms with Gasteiger partial charge < -0.3 is 15.4 Å². The van der Waals surface area contributed by atoms with Gasteiger partial charge in [-0.2, -0.15) is 0 Å². The number of para-hydroxylation sites is 1. The van der Waals surface area contributed by atoms with Gasteiger partial charge in [-0.05, 0) is 51.8 Å². The Bertz CT molecular complexity index is 990. The minimum absolute atomic E-state index is 0.254. The third-order valence-corrected chi connectivity index (χ3v) is 4.75. The summed E-state index contributed by atoms with van der Waals surface area (Å²) in [6, 6.07) is 21.6. The van der Waals surface area contributed by atoms with Crippen LogP contribution >= 0.6 is 15.9 Å². The second kappa shape index (κ2) is 9.19. The van der Waals surface area contributed by atoms with Gasteiger partial charge in [0.25, 0.3) is 11.8 Å². The van der Waals surface area contributed by atoms with Crippen LogP contribution in [-0.4, -0.2) is 18.9 Å². The molecule has 0 heterocycles.